The minimum absolute atomic E-state index is 0.0372. The topological polar surface area (TPSA) is 195 Å². The van der Waals surface area contributed by atoms with Gasteiger partial charge in [0, 0.05) is 61.3 Å². The fourth-order valence-electron chi connectivity index (χ4n) is 7.50. The molecule has 15 nitrogen and oxygen atoms in total. The number of para-hydroxylation sites is 2. The lowest BCUT2D eigenvalue weighted by Gasteiger charge is -2.21. The van der Waals surface area contributed by atoms with Crippen LogP contribution < -0.4 is 22.3 Å². The number of hydrogen-bond donors (Lipinski definition) is 3. The highest BCUT2D eigenvalue weighted by Gasteiger charge is 2.47. The van der Waals surface area contributed by atoms with Gasteiger partial charge in [-0.2, -0.15) is 0 Å². The van der Waals surface area contributed by atoms with Crippen molar-refractivity contribution >= 4 is 45.0 Å². The van der Waals surface area contributed by atoms with E-state index in [1.165, 1.54) is 4.52 Å². The van der Waals surface area contributed by atoms with Gasteiger partial charge in [0.2, 0.25) is 0 Å². The van der Waals surface area contributed by atoms with Crippen LogP contribution in [0.4, 0.5) is 5.82 Å². The smallest absolute Gasteiger partial charge is 0.323 e. The second-order valence-corrected chi connectivity index (χ2v) is 14.7. The van der Waals surface area contributed by atoms with E-state index in [2.05, 4.69) is 37.6 Å². The third-order valence-electron chi connectivity index (χ3n) is 10.8. The molecule has 5 heterocycles. The number of amides is 1. The van der Waals surface area contributed by atoms with Crippen molar-refractivity contribution < 1.29 is 15.7 Å². The lowest BCUT2D eigenvalue weighted by molar-refractivity contribution is -0.146. The molecule has 1 aliphatic carbocycles. The summed E-state index contributed by atoms with van der Waals surface area (Å²) in [6.45, 7) is 1.88. The van der Waals surface area contributed by atoms with Gasteiger partial charge in [0.1, 0.15) is 18.2 Å². The largest absolute Gasteiger partial charge is 0.462 e. The Morgan fingerprint density at radius 1 is 1.03 bits per heavy atom. The maximum absolute atomic E-state index is 14.6. The molecule has 2 atom stereocenters. The van der Waals surface area contributed by atoms with Crippen LogP contribution in [0.25, 0.3) is 33.0 Å². The van der Waals surface area contributed by atoms with Gasteiger partial charge in [-0.3, -0.25) is 19.0 Å². The predicted molar refractivity (Wildman–Crippen MR) is 222 cm³/mol. The van der Waals surface area contributed by atoms with Crippen molar-refractivity contribution in [3.63, 3.8) is 0 Å². The number of esters is 1. The van der Waals surface area contributed by atoms with Gasteiger partial charge in [-0.1, -0.05) is 59.7 Å². The lowest BCUT2D eigenvalue weighted by atomic mass is 10.0. The number of nitrogen functional groups attached to an aromatic ring is 1. The zero-order chi connectivity index (χ0) is 41.5. The first-order chi connectivity index (χ1) is 29.1. The summed E-state index contributed by atoms with van der Waals surface area (Å²) >= 11 is 0. The fraction of sp³-hybridized carbons (Fsp3) is 0.205. The number of anilines is 1. The number of hydrogen-bond acceptors (Lipinski definition) is 10. The zero-order valence-electron chi connectivity index (χ0n) is 32.9. The number of benzene rings is 3. The normalized spacial score (nSPS) is 14.4. The van der Waals surface area contributed by atoms with Crippen molar-refractivity contribution in [2.24, 2.45) is 12.8 Å². The summed E-state index contributed by atoms with van der Waals surface area (Å²) in [6, 6.07) is 24.4. The molecular formula is C44H39N11O4. The Kier molecular flexibility index (Phi) is 8.95. The van der Waals surface area contributed by atoms with Gasteiger partial charge >= 0.3 is 5.97 Å². The summed E-state index contributed by atoms with van der Waals surface area (Å²) < 4.78 is 20.1. The Morgan fingerprint density at radius 3 is 2.66 bits per heavy atom. The average molecular weight is 787 g/mol. The molecule has 8 aromatic rings. The number of aromatic nitrogens is 8. The molecular weight excluding hydrogens is 747 g/mol. The maximum Gasteiger partial charge on any atom is 0.323 e. The number of ether oxygens (including phenoxy) is 1. The number of rotatable bonds is 10. The van der Waals surface area contributed by atoms with Gasteiger partial charge < -0.3 is 26.1 Å². The number of carbonyl (C=O) groups excluding carboxylic acids is 2. The van der Waals surface area contributed by atoms with Crippen molar-refractivity contribution in [2.75, 3.05) is 12.3 Å². The van der Waals surface area contributed by atoms with Gasteiger partial charge in [0.05, 0.1) is 23.2 Å². The van der Waals surface area contributed by atoms with Crippen LogP contribution in [0.1, 0.15) is 60.1 Å². The van der Waals surface area contributed by atoms with Gasteiger partial charge in [0.25, 0.3) is 11.5 Å². The highest BCUT2D eigenvalue weighted by atomic mass is 16.5. The summed E-state index contributed by atoms with van der Waals surface area (Å²) in [7, 11) is 0.0627. The van der Waals surface area contributed by atoms with Crippen molar-refractivity contribution in [3.8, 4) is 17.5 Å². The van der Waals surface area contributed by atoms with Crippen molar-refractivity contribution in [2.45, 2.75) is 43.8 Å². The summed E-state index contributed by atoms with van der Waals surface area (Å²) in [5.41, 5.74) is 15.9. The Bertz CT molecular complexity index is 3080. The van der Waals surface area contributed by atoms with Crippen LogP contribution >= 0.6 is 0 Å². The van der Waals surface area contributed by atoms with Gasteiger partial charge in [-0.05, 0) is 73.0 Å². The minimum atomic E-state index is -0.881. The summed E-state index contributed by atoms with van der Waals surface area (Å²) in [5, 5.41) is 17.8. The Hall–Kier alpha value is -7.57. The van der Waals surface area contributed by atoms with Crippen LogP contribution in [-0.4, -0.2) is 63.3 Å². The molecule has 0 aliphatic heterocycles. The number of carbonyl (C=O) groups is 2. The molecule has 0 radical (unpaired) electrons. The number of nitrogens with two attached hydrogens (primary N) is 2. The average Bonchev–Trinajstić information content (AvgIpc) is 3.56. The van der Waals surface area contributed by atoms with E-state index in [0.717, 1.165) is 29.3 Å². The molecule has 294 valence electrons. The van der Waals surface area contributed by atoms with Gasteiger partial charge in [0.15, 0.2) is 17.2 Å². The van der Waals surface area contributed by atoms with Crippen molar-refractivity contribution in [1.82, 2.24) is 44.0 Å². The zero-order valence-corrected chi connectivity index (χ0v) is 31.9. The summed E-state index contributed by atoms with van der Waals surface area (Å²) in [5.74, 6) is 5.25. The summed E-state index contributed by atoms with van der Waals surface area (Å²) in [6.07, 6.45) is 8.54. The molecule has 3 aromatic carbocycles. The third-order valence-corrected chi connectivity index (χ3v) is 10.8. The highest BCUT2D eigenvalue weighted by Crippen LogP contribution is 2.43. The first-order valence-electron chi connectivity index (χ1n) is 19.7. The SMILES string of the molecule is [2H]Cn1cc(C[C@H](N)C(=O)OCC2(n3cc(C#Cc4cccc5cc([C@H](C)NC(=O)c6c(N)nn7cccnc67)n(-c6ccccc6)c(=O)c45)nn3)CC2)c2ccccc21. The quantitative estimate of drug-likeness (QED) is 0.134. The molecule has 1 saturated carbocycles. The van der Waals surface area contributed by atoms with Gasteiger partial charge in [-0.25, -0.2) is 14.2 Å². The Labute approximate surface area is 338 Å². The monoisotopic (exact) mass is 786 g/mol. The molecule has 1 aliphatic rings. The number of aryl methyl sites for hydroxylation is 1. The number of pyridine rings is 1. The van der Waals surface area contributed by atoms with E-state index in [4.69, 9.17) is 17.6 Å². The van der Waals surface area contributed by atoms with Crippen LogP contribution in [0.15, 0.2) is 115 Å². The van der Waals surface area contributed by atoms with E-state index in [-0.39, 0.29) is 37.0 Å². The van der Waals surface area contributed by atoms with E-state index in [1.54, 1.807) is 46.9 Å². The second-order valence-electron chi connectivity index (χ2n) is 14.7. The fourth-order valence-corrected chi connectivity index (χ4v) is 7.50. The van der Waals surface area contributed by atoms with Crippen LogP contribution in [-0.2, 0) is 28.5 Å². The molecule has 0 bridgehead atoms. The predicted octanol–water partition coefficient (Wildman–Crippen LogP) is 4.19. The lowest BCUT2D eigenvalue weighted by Crippen LogP contribution is -2.37. The maximum atomic E-state index is 14.6. The molecule has 0 spiro atoms. The molecule has 0 unspecified atom stereocenters. The molecule has 59 heavy (non-hydrogen) atoms. The molecule has 0 saturated heterocycles. The molecule has 1 fully saturated rings. The standard InChI is InChI=1S/C44H39N11O4/c1-27(48-41(56)38-39(46)50-53-21-9-20-47-40(38)53)36-23-29-11-8-10-28(37(29)42(57)55(36)32-12-4-3-5-13-32)16-17-31-25-54(51-49-31)44(18-19-44)26-59-43(58)34(45)22-30-24-52(2)35-15-7-6-14-33(30)35/h3-15,20-21,23-25,27,34H,18-19,22,26,45H2,1-2H3,(H2,46,50)(H,48,56)/t27-,34-/m0/s1/i2D. The number of nitrogens with zero attached hydrogens (tertiary/aromatic N) is 8. The molecule has 9 rings (SSSR count). The van der Waals surface area contributed by atoms with Crippen LogP contribution in [0.3, 0.4) is 0 Å². The van der Waals surface area contributed by atoms with Crippen LogP contribution in [0.5, 0.6) is 0 Å². The molecule has 15 heteroatoms. The van der Waals surface area contributed by atoms with E-state index in [0.29, 0.717) is 39.1 Å². The molecule has 5 N–H and O–H groups in total. The first-order valence-corrected chi connectivity index (χ1v) is 19.0. The van der Waals surface area contributed by atoms with E-state index in [1.807, 2.05) is 83.6 Å². The highest BCUT2D eigenvalue weighted by molar-refractivity contribution is 6.04. The summed E-state index contributed by atoms with van der Waals surface area (Å²) in [4.78, 5) is 45.6. The van der Waals surface area contributed by atoms with E-state index < -0.39 is 29.5 Å². The number of fused-ring (bicyclic) bond motifs is 3. The molecule has 5 aromatic heterocycles. The van der Waals surface area contributed by atoms with Crippen LogP contribution in [0, 0.1) is 11.8 Å². The van der Waals surface area contributed by atoms with Crippen LogP contribution in [0.2, 0.25) is 0 Å². The Morgan fingerprint density at radius 2 is 1.85 bits per heavy atom. The third kappa shape index (κ3) is 6.85. The number of nitrogens with one attached hydrogen (secondary N) is 1. The van der Waals surface area contributed by atoms with E-state index in [9.17, 15) is 14.4 Å². The minimum Gasteiger partial charge on any atom is -0.462 e. The van der Waals surface area contributed by atoms with Gasteiger partial charge in [-0.15, -0.1) is 10.2 Å². The Balaban J connectivity index is 0.950. The van der Waals surface area contributed by atoms with Crippen molar-refractivity contribution in [1.29, 1.82) is 0 Å². The van der Waals surface area contributed by atoms with E-state index >= 15 is 0 Å². The second kappa shape index (κ2) is 14.7. The van der Waals surface area contributed by atoms with Crippen molar-refractivity contribution in [3.05, 3.63) is 148 Å². The molecule has 1 amide bonds. The first kappa shape index (κ1) is 35.8.